The molecule has 78 valence electrons. The molecule has 1 saturated heterocycles. The molecule has 1 aromatic rings. The Hall–Kier alpha value is -0.480. The SMILES string of the molecule is CC1CC(O)(Cc2ccn(C)n2)CS1. The van der Waals surface area contributed by atoms with Gasteiger partial charge in [-0.25, -0.2) is 0 Å². The van der Waals surface area contributed by atoms with Crippen molar-refractivity contribution in [2.45, 2.75) is 30.6 Å². The fourth-order valence-corrected chi connectivity index (χ4v) is 3.21. The Labute approximate surface area is 88.5 Å². The lowest BCUT2D eigenvalue weighted by atomic mass is 9.95. The highest BCUT2D eigenvalue weighted by atomic mass is 32.2. The first-order valence-corrected chi connectivity index (χ1v) is 5.95. The van der Waals surface area contributed by atoms with Crippen molar-refractivity contribution in [1.82, 2.24) is 9.78 Å². The van der Waals surface area contributed by atoms with Crippen LogP contribution in [-0.2, 0) is 13.5 Å². The van der Waals surface area contributed by atoms with Gasteiger partial charge in [0, 0.05) is 30.7 Å². The van der Waals surface area contributed by atoms with E-state index in [0.717, 1.165) is 17.9 Å². The normalized spacial score (nSPS) is 32.4. The topological polar surface area (TPSA) is 38.0 Å². The molecule has 0 saturated carbocycles. The van der Waals surface area contributed by atoms with E-state index in [4.69, 9.17) is 0 Å². The molecular formula is C10H16N2OS. The molecule has 1 N–H and O–H groups in total. The summed E-state index contributed by atoms with van der Waals surface area (Å²) in [7, 11) is 1.90. The molecule has 0 spiro atoms. The second-order valence-corrected chi connectivity index (χ2v) is 5.63. The monoisotopic (exact) mass is 212 g/mol. The van der Waals surface area contributed by atoms with Crippen molar-refractivity contribution in [3.63, 3.8) is 0 Å². The van der Waals surface area contributed by atoms with Gasteiger partial charge in [0.05, 0.1) is 11.3 Å². The largest absolute Gasteiger partial charge is 0.389 e. The van der Waals surface area contributed by atoms with Crippen molar-refractivity contribution < 1.29 is 5.11 Å². The van der Waals surface area contributed by atoms with Crippen LogP contribution < -0.4 is 0 Å². The van der Waals surface area contributed by atoms with Gasteiger partial charge in [-0.1, -0.05) is 6.92 Å². The average molecular weight is 212 g/mol. The molecule has 1 aliphatic heterocycles. The first-order valence-electron chi connectivity index (χ1n) is 4.90. The summed E-state index contributed by atoms with van der Waals surface area (Å²) in [5, 5.41) is 15.1. The average Bonchev–Trinajstić information content (AvgIpc) is 2.60. The third-order valence-electron chi connectivity index (χ3n) is 2.58. The lowest BCUT2D eigenvalue weighted by Gasteiger charge is -2.19. The van der Waals surface area contributed by atoms with Gasteiger partial charge in [0.15, 0.2) is 0 Å². The van der Waals surface area contributed by atoms with E-state index in [0.29, 0.717) is 11.7 Å². The van der Waals surface area contributed by atoms with Crippen LogP contribution in [0.25, 0.3) is 0 Å². The molecule has 3 nitrogen and oxygen atoms in total. The Bertz CT molecular complexity index is 326. The fraction of sp³-hybridized carbons (Fsp3) is 0.700. The van der Waals surface area contributed by atoms with E-state index in [9.17, 15) is 5.11 Å². The number of aromatic nitrogens is 2. The Morgan fingerprint density at radius 2 is 2.57 bits per heavy atom. The van der Waals surface area contributed by atoms with Crippen LogP contribution in [0.4, 0.5) is 0 Å². The quantitative estimate of drug-likeness (QED) is 0.801. The number of nitrogens with zero attached hydrogens (tertiary/aromatic N) is 2. The third-order valence-corrected chi connectivity index (χ3v) is 4.02. The Kier molecular flexibility index (Phi) is 2.58. The predicted molar refractivity (Wildman–Crippen MR) is 58.4 cm³/mol. The molecule has 14 heavy (non-hydrogen) atoms. The number of aryl methyl sites for hydroxylation is 1. The maximum Gasteiger partial charge on any atom is 0.0804 e. The van der Waals surface area contributed by atoms with Crippen LogP contribution in [0.1, 0.15) is 19.0 Å². The molecule has 2 atom stereocenters. The van der Waals surface area contributed by atoms with Crippen LogP contribution in [0.2, 0.25) is 0 Å². The maximum atomic E-state index is 10.3. The predicted octanol–water partition coefficient (Wildman–Crippen LogP) is 1.22. The van der Waals surface area contributed by atoms with Crippen molar-refractivity contribution in [3.8, 4) is 0 Å². The molecular weight excluding hydrogens is 196 g/mol. The summed E-state index contributed by atoms with van der Waals surface area (Å²) < 4.78 is 1.78. The summed E-state index contributed by atoms with van der Waals surface area (Å²) >= 11 is 1.85. The molecule has 4 heteroatoms. The Morgan fingerprint density at radius 1 is 1.79 bits per heavy atom. The van der Waals surface area contributed by atoms with Crippen molar-refractivity contribution in [2.24, 2.45) is 7.05 Å². The van der Waals surface area contributed by atoms with Crippen LogP contribution in [0.15, 0.2) is 12.3 Å². The fourth-order valence-electron chi connectivity index (χ4n) is 1.97. The van der Waals surface area contributed by atoms with Gasteiger partial charge in [-0.3, -0.25) is 4.68 Å². The highest BCUT2D eigenvalue weighted by Gasteiger charge is 2.36. The molecule has 0 radical (unpaired) electrons. The van der Waals surface area contributed by atoms with E-state index >= 15 is 0 Å². The van der Waals surface area contributed by atoms with Gasteiger partial charge in [-0.2, -0.15) is 16.9 Å². The van der Waals surface area contributed by atoms with E-state index < -0.39 is 5.60 Å². The Balaban J connectivity index is 2.03. The van der Waals surface area contributed by atoms with Gasteiger partial charge in [-0.15, -0.1) is 0 Å². The maximum absolute atomic E-state index is 10.3. The van der Waals surface area contributed by atoms with Crippen molar-refractivity contribution in [2.75, 3.05) is 5.75 Å². The van der Waals surface area contributed by atoms with Crippen molar-refractivity contribution in [3.05, 3.63) is 18.0 Å². The van der Waals surface area contributed by atoms with Gasteiger partial charge < -0.3 is 5.11 Å². The van der Waals surface area contributed by atoms with E-state index in [2.05, 4.69) is 12.0 Å². The molecule has 2 rings (SSSR count). The number of aliphatic hydroxyl groups is 1. The first-order chi connectivity index (χ1) is 6.57. The summed E-state index contributed by atoms with van der Waals surface area (Å²) in [6.07, 6.45) is 3.49. The molecule has 0 bridgehead atoms. The molecule has 0 amide bonds. The minimum atomic E-state index is -0.529. The van der Waals surface area contributed by atoms with Gasteiger partial charge in [0.25, 0.3) is 0 Å². The van der Waals surface area contributed by atoms with Crippen LogP contribution in [0.3, 0.4) is 0 Å². The standard InChI is InChI=1S/C10H16N2OS/c1-8-5-10(13,7-14-8)6-9-3-4-12(2)11-9/h3-4,8,13H,5-7H2,1-2H3. The van der Waals surface area contributed by atoms with Crippen LogP contribution in [0.5, 0.6) is 0 Å². The zero-order valence-corrected chi connectivity index (χ0v) is 9.42. The first kappa shape index (κ1) is 10.1. The number of rotatable bonds is 2. The number of hydrogen-bond acceptors (Lipinski definition) is 3. The molecule has 0 aliphatic carbocycles. The van der Waals surface area contributed by atoms with Crippen molar-refractivity contribution in [1.29, 1.82) is 0 Å². The van der Waals surface area contributed by atoms with E-state index in [1.165, 1.54) is 0 Å². The minimum Gasteiger partial charge on any atom is -0.389 e. The highest BCUT2D eigenvalue weighted by molar-refractivity contribution is 8.00. The zero-order valence-electron chi connectivity index (χ0n) is 8.60. The second kappa shape index (κ2) is 3.59. The Morgan fingerprint density at radius 3 is 3.07 bits per heavy atom. The van der Waals surface area contributed by atoms with E-state index in [1.807, 2.05) is 31.1 Å². The second-order valence-electron chi connectivity index (χ2n) is 4.21. The smallest absolute Gasteiger partial charge is 0.0804 e. The molecule has 1 aromatic heterocycles. The molecule has 2 unspecified atom stereocenters. The third kappa shape index (κ3) is 2.12. The number of thioether (sulfide) groups is 1. The number of hydrogen-bond donors (Lipinski definition) is 1. The van der Waals surface area contributed by atoms with Gasteiger partial charge in [0.2, 0.25) is 0 Å². The van der Waals surface area contributed by atoms with Gasteiger partial charge in [-0.05, 0) is 12.5 Å². The molecule has 1 fully saturated rings. The zero-order chi connectivity index (χ0) is 10.2. The summed E-state index contributed by atoms with van der Waals surface area (Å²) in [5.41, 5.74) is 0.461. The minimum absolute atomic E-state index is 0.529. The molecule has 1 aliphatic rings. The van der Waals surface area contributed by atoms with Crippen LogP contribution >= 0.6 is 11.8 Å². The summed E-state index contributed by atoms with van der Waals surface area (Å²) in [4.78, 5) is 0. The molecule has 2 heterocycles. The summed E-state index contributed by atoms with van der Waals surface area (Å²) in [6, 6.07) is 1.98. The van der Waals surface area contributed by atoms with Crippen LogP contribution in [-0.4, -0.2) is 31.5 Å². The summed E-state index contributed by atoms with van der Waals surface area (Å²) in [5.74, 6) is 0.838. The summed E-state index contributed by atoms with van der Waals surface area (Å²) in [6.45, 7) is 2.17. The van der Waals surface area contributed by atoms with E-state index in [1.54, 1.807) is 4.68 Å². The highest BCUT2D eigenvalue weighted by Crippen LogP contribution is 2.36. The van der Waals surface area contributed by atoms with Crippen molar-refractivity contribution >= 4 is 11.8 Å². The molecule has 0 aromatic carbocycles. The lowest BCUT2D eigenvalue weighted by Crippen LogP contribution is -2.31. The van der Waals surface area contributed by atoms with Gasteiger partial charge in [0.1, 0.15) is 0 Å². The van der Waals surface area contributed by atoms with E-state index in [-0.39, 0.29) is 0 Å². The van der Waals surface area contributed by atoms with Crippen LogP contribution in [0, 0.1) is 0 Å². The van der Waals surface area contributed by atoms with Gasteiger partial charge >= 0.3 is 0 Å². The lowest BCUT2D eigenvalue weighted by molar-refractivity contribution is 0.0631.